The van der Waals surface area contributed by atoms with Gasteiger partial charge in [-0.15, -0.1) is 0 Å². The highest BCUT2D eigenvalue weighted by Gasteiger charge is 2.21. The summed E-state index contributed by atoms with van der Waals surface area (Å²) in [4.78, 5) is 0. The van der Waals surface area contributed by atoms with Crippen molar-refractivity contribution in [3.63, 3.8) is 0 Å². The molecule has 0 aliphatic rings. The number of rotatable bonds is 6. The van der Waals surface area contributed by atoms with Crippen LogP contribution in [0, 0.1) is 0 Å². The average Bonchev–Trinajstić information content (AvgIpc) is 2.18. The van der Waals surface area contributed by atoms with E-state index in [0.717, 1.165) is 26.2 Å². The van der Waals surface area contributed by atoms with Crippen molar-refractivity contribution in [2.45, 2.75) is 33.4 Å². The number of halogens is 1. The fourth-order valence-electron chi connectivity index (χ4n) is 1.15. The maximum atomic E-state index is 9.44. The molecule has 0 bridgehead atoms. The third kappa shape index (κ3) is 12.0. The monoisotopic (exact) mass is 253 g/mol. The normalized spacial score (nSPS) is 11.9. The van der Waals surface area contributed by atoms with Crippen molar-refractivity contribution in [3.05, 3.63) is 12.7 Å². The molecule has 4 heteroatoms. The predicted octanol–water partition coefficient (Wildman–Crippen LogP) is -0.976. The minimum absolute atomic E-state index is 0. The lowest BCUT2D eigenvalue weighted by molar-refractivity contribution is -0.931. The van der Waals surface area contributed by atoms with Gasteiger partial charge >= 0.3 is 0 Å². The number of likely N-dealkylation sites (N-methyl/N-ethyl adjacent to an activating group) is 1. The lowest BCUT2D eigenvalue weighted by Gasteiger charge is -2.32. The average molecular weight is 254 g/mol. The van der Waals surface area contributed by atoms with Crippen molar-refractivity contribution in [3.8, 4) is 0 Å². The van der Waals surface area contributed by atoms with Crippen LogP contribution in [0.3, 0.4) is 0 Å². The molecule has 0 radical (unpaired) electrons. The van der Waals surface area contributed by atoms with Crippen LogP contribution in [-0.2, 0) is 4.74 Å². The van der Waals surface area contributed by atoms with Gasteiger partial charge in [0.2, 0.25) is 0 Å². The van der Waals surface area contributed by atoms with E-state index in [1.807, 2.05) is 40.9 Å². The molecule has 0 aromatic carbocycles. The first-order chi connectivity index (χ1) is 6.96. The molecule has 3 nitrogen and oxygen atoms in total. The lowest BCUT2D eigenvalue weighted by atomic mass is 10.3. The van der Waals surface area contributed by atoms with Crippen molar-refractivity contribution in [2.24, 2.45) is 0 Å². The second-order valence-electron chi connectivity index (χ2n) is 3.92. The molecular formula is C12H28ClNO2. The molecule has 0 fully saturated rings. The number of hydrogen-bond donors (Lipinski definition) is 1. The number of nitrogens with zero attached hydrogens (tertiary/aromatic N) is 1. The third-order valence-electron chi connectivity index (χ3n) is 2.18. The summed E-state index contributed by atoms with van der Waals surface area (Å²) in [5.74, 6) is 0. The fraction of sp³-hybridized carbons (Fsp3) is 0.833. The van der Waals surface area contributed by atoms with Gasteiger partial charge in [-0.05, 0) is 19.9 Å². The first-order valence-electron chi connectivity index (χ1n) is 5.65. The molecular weight excluding hydrogens is 226 g/mol. The Bertz CT molecular complexity index is 150. The first-order valence-corrected chi connectivity index (χ1v) is 5.65. The molecule has 0 rings (SSSR count). The van der Waals surface area contributed by atoms with Gasteiger partial charge in [0.05, 0.1) is 20.6 Å². The van der Waals surface area contributed by atoms with Crippen molar-refractivity contribution in [2.75, 3.05) is 33.9 Å². The largest absolute Gasteiger partial charge is 1.00 e. The highest BCUT2D eigenvalue weighted by Crippen LogP contribution is 2.06. The van der Waals surface area contributed by atoms with Crippen molar-refractivity contribution < 1.29 is 26.7 Å². The quantitative estimate of drug-likeness (QED) is 0.375. The van der Waals surface area contributed by atoms with Gasteiger partial charge < -0.3 is 26.7 Å². The molecule has 0 amide bonds. The van der Waals surface area contributed by atoms with E-state index in [4.69, 9.17) is 4.74 Å². The minimum atomic E-state index is -0.266. The molecule has 16 heavy (non-hydrogen) atoms. The van der Waals surface area contributed by atoms with Gasteiger partial charge in [-0.1, -0.05) is 13.5 Å². The van der Waals surface area contributed by atoms with Crippen LogP contribution in [0.4, 0.5) is 0 Å². The Morgan fingerprint density at radius 2 is 1.69 bits per heavy atom. The summed E-state index contributed by atoms with van der Waals surface area (Å²) in [5, 5.41) is 9.44. The van der Waals surface area contributed by atoms with E-state index in [-0.39, 0.29) is 18.6 Å². The number of ether oxygens (including phenoxy) is 1. The molecule has 1 N–H and O–H groups in total. The number of quaternary nitrogens is 1. The van der Waals surface area contributed by atoms with E-state index in [0.29, 0.717) is 4.48 Å². The fourth-order valence-corrected chi connectivity index (χ4v) is 1.15. The summed E-state index contributed by atoms with van der Waals surface area (Å²) in [6.45, 7) is 12.1. The van der Waals surface area contributed by atoms with Gasteiger partial charge in [0.25, 0.3) is 0 Å². The Labute approximate surface area is 107 Å². The van der Waals surface area contributed by atoms with Crippen LogP contribution >= 0.6 is 0 Å². The Balaban J connectivity index is -0.000000242. The second kappa shape index (κ2) is 13.0. The van der Waals surface area contributed by atoms with Crippen LogP contribution < -0.4 is 12.4 Å². The van der Waals surface area contributed by atoms with E-state index in [1.165, 1.54) is 0 Å². The van der Waals surface area contributed by atoms with Crippen LogP contribution in [-0.4, -0.2) is 49.7 Å². The van der Waals surface area contributed by atoms with Crippen LogP contribution in [0.15, 0.2) is 12.7 Å². The van der Waals surface area contributed by atoms with Crippen molar-refractivity contribution in [1.29, 1.82) is 0 Å². The molecule has 0 heterocycles. The summed E-state index contributed by atoms with van der Waals surface area (Å²) in [6.07, 6.45) is 2.36. The molecule has 1 unspecified atom stereocenters. The number of aliphatic hydroxyl groups excluding tert-OH is 1. The SMILES string of the molecule is C=CC[N+](C)(C)C(O)CC.CCOCC.[Cl-]. The zero-order valence-electron chi connectivity index (χ0n) is 11.4. The highest BCUT2D eigenvalue weighted by atomic mass is 35.5. The molecule has 0 aromatic heterocycles. The zero-order valence-corrected chi connectivity index (χ0v) is 12.1. The smallest absolute Gasteiger partial charge is 0.190 e. The Hall–Kier alpha value is -0.0900. The van der Waals surface area contributed by atoms with Gasteiger partial charge in [-0.3, -0.25) is 0 Å². The maximum Gasteiger partial charge on any atom is 0.190 e. The van der Waals surface area contributed by atoms with E-state index in [2.05, 4.69) is 6.58 Å². The summed E-state index contributed by atoms with van der Waals surface area (Å²) >= 11 is 0. The summed E-state index contributed by atoms with van der Waals surface area (Å²) in [6, 6.07) is 0. The lowest BCUT2D eigenvalue weighted by Crippen LogP contribution is -3.00. The van der Waals surface area contributed by atoms with Crippen LogP contribution in [0.25, 0.3) is 0 Å². The molecule has 1 atom stereocenters. The number of aliphatic hydroxyl groups is 1. The highest BCUT2D eigenvalue weighted by molar-refractivity contribution is 4.64. The second-order valence-corrected chi connectivity index (χ2v) is 3.92. The predicted molar refractivity (Wildman–Crippen MR) is 65.6 cm³/mol. The topological polar surface area (TPSA) is 29.5 Å². The van der Waals surface area contributed by atoms with Crippen LogP contribution in [0.2, 0.25) is 0 Å². The standard InChI is InChI=1S/C8H18NO.C4H10O.ClH/c1-5-7-9(3,4)8(10)6-2;1-3-5-4-2;/h5,8,10H,1,6-7H2,2-4H3;3-4H2,1-2H3;1H/q+1;;/p-1. The van der Waals surface area contributed by atoms with E-state index >= 15 is 0 Å². The third-order valence-corrected chi connectivity index (χ3v) is 2.18. The van der Waals surface area contributed by atoms with Gasteiger partial charge in [0.15, 0.2) is 6.23 Å². The number of hydrogen-bond acceptors (Lipinski definition) is 2. The zero-order chi connectivity index (χ0) is 12.3. The molecule has 0 saturated carbocycles. The van der Waals surface area contributed by atoms with E-state index in [1.54, 1.807) is 0 Å². The van der Waals surface area contributed by atoms with Gasteiger partial charge in [-0.2, -0.15) is 0 Å². The molecule has 0 spiro atoms. The maximum absolute atomic E-state index is 9.44. The summed E-state index contributed by atoms with van der Waals surface area (Å²) < 4.78 is 5.44. The molecule has 0 aliphatic heterocycles. The Morgan fingerprint density at radius 3 is 1.88 bits per heavy atom. The van der Waals surface area contributed by atoms with Crippen molar-refractivity contribution >= 4 is 0 Å². The molecule has 100 valence electrons. The first kappa shape index (κ1) is 21.2. The van der Waals surface area contributed by atoms with E-state index < -0.39 is 0 Å². The van der Waals surface area contributed by atoms with E-state index in [9.17, 15) is 5.11 Å². The minimum Gasteiger partial charge on any atom is -1.00 e. The molecule has 0 saturated heterocycles. The van der Waals surface area contributed by atoms with Gasteiger partial charge in [0.1, 0.15) is 0 Å². The van der Waals surface area contributed by atoms with Crippen LogP contribution in [0.1, 0.15) is 27.2 Å². The van der Waals surface area contributed by atoms with Crippen molar-refractivity contribution in [1.82, 2.24) is 0 Å². The Morgan fingerprint density at radius 1 is 1.25 bits per heavy atom. The molecule has 0 aliphatic carbocycles. The summed E-state index contributed by atoms with van der Waals surface area (Å²) in [7, 11) is 3.99. The van der Waals surface area contributed by atoms with Gasteiger partial charge in [-0.25, -0.2) is 0 Å². The van der Waals surface area contributed by atoms with Gasteiger partial charge in [0, 0.05) is 19.6 Å². The Kier molecular flexibility index (Phi) is 17.2. The summed E-state index contributed by atoms with van der Waals surface area (Å²) in [5.41, 5.74) is 0. The van der Waals surface area contributed by atoms with Crippen LogP contribution in [0.5, 0.6) is 0 Å². The molecule has 0 aromatic rings.